The van der Waals surface area contributed by atoms with Gasteiger partial charge in [0.05, 0.1) is 0 Å². The third-order valence-corrected chi connectivity index (χ3v) is 1.49. The fourth-order valence-electron chi connectivity index (χ4n) is 0.744. The Morgan fingerprint density at radius 1 is 1.46 bits per heavy atom. The number of carbonyl (C=O) groups excluding carboxylic acids is 1. The number of esters is 1. The zero-order valence-electron chi connectivity index (χ0n) is 7.33. The Morgan fingerprint density at radius 3 is 2.46 bits per heavy atom. The maximum Gasteiger partial charge on any atom is 0.340 e. The fraction of sp³-hybridized carbons (Fsp3) is 0.375. The highest BCUT2D eigenvalue weighted by Gasteiger charge is 2.19. The predicted octanol–water partition coefficient (Wildman–Crippen LogP) is 1.31. The van der Waals surface area contributed by atoms with Crippen LogP contribution in [0.25, 0.3) is 0 Å². The summed E-state index contributed by atoms with van der Waals surface area (Å²) in [6.07, 6.45) is 0.167. The number of hydrogen-bond donors (Lipinski definition) is 2. The van der Waals surface area contributed by atoms with Crippen LogP contribution in [0.3, 0.4) is 0 Å². The van der Waals surface area contributed by atoms with E-state index in [0.29, 0.717) is 0 Å². The number of aryl methyl sites for hydroxylation is 1. The van der Waals surface area contributed by atoms with Crippen molar-refractivity contribution in [2.24, 2.45) is 0 Å². The van der Waals surface area contributed by atoms with E-state index in [0.717, 1.165) is 0 Å². The molecule has 5 heteroatoms. The van der Waals surface area contributed by atoms with Crippen molar-refractivity contribution in [1.29, 1.82) is 0 Å². The van der Waals surface area contributed by atoms with Gasteiger partial charge in [-0.1, -0.05) is 6.92 Å². The first-order valence-electron chi connectivity index (χ1n) is 3.78. The summed E-state index contributed by atoms with van der Waals surface area (Å²) >= 11 is 0. The molecule has 0 saturated heterocycles. The first-order chi connectivity index (χ1) is 6.06. The van der Waals surface area contributed by atoms with Crippen LogP contribution >= 0.6 is 0 Å². The van der Waals surface area contributed by atoms with Crippen LogP contribution in [-0.2, 0) is 4.79 Å². The molecule has 2 N–H and O–H groups in total. The van der Waals surface area contributed by atoms with Crippen molar-refractivity contribution >= 4 is 5.97 Å². The number of rotatable bonds is 2. The Bertz CT molecular complexity index is 326. The minimum atomic E-state index is -0.542. The van der Waals surface area contributed by atoms with E-state index in [-0.39, 0.29) is 18.1 Å². The lowest BCUT2D eigenvalue weighted by Crippen LogP contribution is -2.04. The first kappa shape index (κ1) is 9.44. The molecule has 0 fully saturated rings. The van der Waals surface area contributed by atoms with Gasteiger partial charge in [0.2, 0.25) is 11.5 Å². The average molecular weight is 186 g/mol. The third-order valence-electron chi connectivity index (χ3n) is 1.49. The van der Waals surface area contributed by atoms with Gasteiger partial charge in [-0.15, -0.1) is 0 Å². The molecule has 5 nitrogen and oxygen atoms in total. The van der Waals surface area contributed by atoms with Crippen LogP contribution in [0.1, 0.15) is 19.1 Å². The molecule has 0 atom stereocenters. The van der Waals surface area contributed by atoms with Crippen LogP contribution in [0, 0.1) is 6.92 Å². The molecule has 13 heavy (non-hydrogen) atoms. The predicted molar refractivity (Wildman–Crippen MR) is 42.7 cm³/mol. The smallest absolute Gasteiger partial charge is 0.340 e. The van der Waals surface area contributed by atoms with Crippen molar-refractivity contribution in [3.05, 3.63) is 5.76 Å². The largest absolute Gasteiger partial charge is 0.502 e. The van der Waals surface area contributed by atoms with Gasteiger partial charge in [0.15, 0.2) is 5.76 Å². The minimum absolute atomic E-state index is 0.108. The molecule has 0 radical (unpaired) electrons. The van der Waals surface area contributed by atoms with Crippen molar-refractivity contribution in [2.75, 3.05) is 0 Å². The molecule has 0 bridgehead atoms. The SMILES string of the molecule is CCC(=O)Oc1oc(C)c(O)c1O. The van der Waals surface area contributed by atoms with Gasteiger partial charge >= 0.3 is 11.9 Å². The molecule has 72 valence electrons. The van der Waals surface area contributed by atoms with Gasteiger partial charge in [-0.05, 0) is 6.92 Å². The Kier molecular flexibility index (Phi) is 2.46. The molecule has 0 aliphatic rings. The fourth-order valence-corrected chi connectivity index (χ4v) is 0.744. The summed E-state index contributed by atoms with van der Waals surface area (Å²) in [7, 11) is 0. The molecule has 0 amide bonds. The zero-order valence-corrected chi connectivity index (χ0v) is 7.33. The molecule has 0 aliphatic heterocycles. The lowest BCUT2D eigenvalue weighted by Gasteiger charge is -1.96. The Balaban J connectivity index is 2.90. The van der Waals surface area contributed by atoms with E-state index >= 15 is 0 Å². The topological polar surface area (TPSA) is 79.9 Å². The number of furan rings is 1. The second-order valence-corrected chi connectivity index (χ2v) is 2.47. The van der Waals surface area contributed by atoms with Crippen LogP contribution < -0.4 is 4.74 Å². The van der Waals surface area contributed by atoms with Crippen molar-refractivity contribution in [1.82, 2.24) is 0 Å². The number of carbonyl (C=O) groups is 1. The van der Waals surface area contributed by atoms with Gasteiger partial charge in [-0.2, -0.15) is 0 Å². The molecule has 1 heterocycles. The van der Waals surface area contributed by atoms with Crippen LogP contribution in [0.5, 0.6) is 17.4 Å². The maximum absolute atomic E-state index is 10.8. The Morgan fingerprint density at radius 2 is 2.08 bits per heavy atom. The monoisotopic (exact) mass is 186 g/mol. The minimum Gasteiger partial charge on any atom is -0.502 e. The zero-order chi connectivity index (χ0) is 10.0. The first-order valence-corrected chi connectivity index (χ1v) is 3.78. The summed E-state index contributed by atoms with van der Waals surface area (Å²) in [6.45, 7) is 3.05. The highest BCUT2D eigenvalue weighted by molar-refractivity contribution is 5.72. The maximum atomic E-state index is 10.8. The van der Waals surface area contributed by atoms with Gasteiger partial charge in [-0.25, -0.2) is 0 Å². The van der Waals surface area contributed by atoms with Gasteiger partial charge < -0.3 is 19.4 Å². The molecule has 1 aromatic rings. The van der Waals surface area contributed by atoms with Gasteiger partial charge in [0, 0.05) is 6.42 Å². The van der Waals surface area contributed by atoms with E-state index in [2.05, 4.69) is 4.74 Å². The summed E-state index contributed by atoms with van der Waals surface area (Å²) in [6, 6.07) is 0. The quantitative estimate of drug-likeness (QED) is 0.681. The van der Waals surface area contributed by atoms with E-state index in [4.69, 9.17) is 14.6 Å². The number of hydrogen-bond acceptors (Lipinski definition) is 5. The van der Waals surface area contributed by atoms with Gasteiger partial charge in [0.25, 0.3) is 0 Å². The standard InChI is InChI=1S/C8H10O5/c1-3-5(9)13-8-7(11)6(10)4(2)12-8/h10-11H,3H2,1-2H3. The van der Waals surface area contributed by atoms with Crippen molar-refractivity contribution in [2.45, 2.75) is 20.3 Å². The highest BCUT2D eigenvalue weighted by Crippen LogP contribution is 2.40. The van der Waals surface area contributed by atoms with Crippen LogP contribution in [0.2, 0.25) is 0 Å². The highest BCUT2D eigenvalue weighted by atomic mass is 16.6. The molecular weight excluding hydrogens is 176 g/mol. The Labute approximate surface area is 74.5 Å². The summed E-state index contributed by atoms with van der Waals surface area (Å²) in [5, 5.41) is 18.2. The molecule has 0 unspecified atom stereocenters. The Hall–Kier alpha value is -1.65. The molecule has 0 saturated carbocycles. The van der Waals surface area contributed by atoms with Crippen LogP contribution in [0.15, 0.2) is 4.42 Å². The molecular formula is C8H10O5. The molecule has 1 aromatic heterocycles. The summed E-state index contributed by atoms with van der Waals surface area (Å²) < 4.78 is 9.35. The second kappa shape index (κ2) is 3.38. The summed E-state index contributed by atoms with van der Waals surface area (Å²) in [5.41, 5.74) is 0. The molecule has 0 aromatic carbocycles. The normalized spacial score (nSPS) is 10.0. The van der Waals surface area contributed by atoms with Gasteiger partial charge in [0.1, 0.15) is 0 Å². The van der Waals surface area contributed by atoms with Gasteiger partial charge in [-0.3, -0.25) is 4.79 Å². The van der Waals surface area contributed by atoms with Crippen molar-refractivity contribution in [3.8, 4) is 17.4 Å². The van der Waals surface area contributed by atoms with E-state index in [1.807, 2.05) is 0 Å². The summed E-state index contributed by atoms with van der Waals surface area (Å²) in [5.74, 6) is -1.74. The number of aromatic hydroxyl groups is 2. The lowest BCUT2D eigenvalue weighted by atomic mass is 10.4. The summed E-state index contributed by atoms with van der Waals surface area (Å²) in [4.78, 5) is 10.8. The van der Waals surface area contributed by atoms with E-state index in [1.54, 1.807) is 6.92 Å². The van der Waals surface area contributed by atoms with Crippen molar-refractivity contribution < 1.29 is 24.2 Å². The van der Waals surface area contributed by atoms with E-state index in [9.17, 15) is 4.79 Å². The molecule has 0 spiro atoms. The third kappa shape index (κ3) is 1.74. The average Bonchev–Trinajstić information content (AvgIpc) is 2.34. The molecule has 1 rings (SSSR count). The van der Waals surface area contributed by atoms with Crippen LogP contribution in [0.4, 0.5) is 0 Å². The van der Waals surface area contributed by atoms with Crippen LogP contribution in [-0.4, -0.2) is 16.2 Å². The number of ether oxygens (including phenoxy) is 1. The lowest BCUT2D eigenvalue weighted by molar-refractivity contribution is -0.135. The van der Waals surface area contributed by atoms with E-state index < -0.39 is 17.5 Å². The second-order valence-electron chi connectivity index (χ2n) is 2.47. The van der Waals surface area contributed by atoms with Crippen molar-refractivity contribution in [3.63, 3.8) is 0 Å². The molecule has 0 aliphatic carbocycles. The van der Waals surface area contributed by atoms with E-state index in [1.165, 1.54) is 6.92 Å².